The van der Waals surface area contributed by atoms with E-state index in [0.29, 0.717) is 0 Å². The quantitative estimate of drug-likeness (QED) is 0.496. The van der Waals surface area contributed by atoms with Gasteiger partial charge in [-0.1, -0.05) is 12.2 Å². The lowest BCUT2D eigenvalue weighted by atomic mass is 10.6. The highest BCUT2D eigenvalue weighted by atomic mass is 32.2. The van der Waals surface area contributed by atoms with Crippen molar-refractivity contribution < 1.29 is 0 Å². The van der Waals surface area contributed by atoms with Gasteiger partial charge in [-0.25, -0.2) is 0 Å². The zero-order valence-corrected chi connectivity index (χ0v) is 5.13. The highest BCUT2D eigenvalue weighted by Gasteiger charge is 1.69. The molecule has 0 fully saturated rings. The Bertz CT molecular complexity index is 175. The van der Waals surface area contributed by atoms with Gasteiger partial charge in [0.2, 0.25) is 0 Å². The van der Waals surface area contributed by atoms with Crippen LogP contribution in [0, 0.1) is 3.82 Å². The molecule has 1 heterocycles. The van der Waals surface area contributed by atoms with Crippen LogP contribution in [0.25, 0.3) is 0 Å². The molecular formula is C4H3NS2. The second kappa shape index (κ2) is 2.14. The Kier molecular flexibility index (Phi) is 1.49. The molecule has 0 amide bonds. The van der Waals surface area contributed by atoms with Gasteiger partial charge >= 0.3 is 0 Å². The number of aromatic nitrogens is 1. The van der Waals surface area contributed by atoms with E-state index >= 15 is 0 Å². The summed E-state index contributed by atoms with van der Waals surface area (Å²) in [5.41, 5.74) is 0. The fraction of sp³-hybridized carbons (Fsp3) is 0. The molecule has 1 nitrogen and oxygen atoms in total. The smallest absolute Gasteiger partial charge is 0.109 e. The predicted molar refractivity (Wildman–Crippen MR) is 32.9 cm³/mol. The van der Waals surface area contributed by atoms with E-state index in [1.165, 1.54) is 11.5 Å². The summed E-state index contributed by atoms with van der Waals surface area (Å²) < 4.78 is 4.66. The summed E-state index contributed by atoms with van der Waals surface area (Å²) in [4.78, 5) is 0. The van der Waals surface area contributed by atoms with Crippen LogP contribution in [-0.2, 0) is 0 Å². The monoisotopic (exact) mass is 129 g/mol. The Morgan fingerprint density at radius 1 is 1.71 bits per heavy atom. The molecule has 3 heteroatoms. The SMILES string of the molecule is S=c1cccns1. The van der Waals surface area contributed by atoms with Gasteiger partial charge < -0.3 is 0 Å². The Morgan fingerprint density at radius 3 is 2.86 bits per heavy atom. The summed E-state index contributed by atoms with van der Waals surface area (Å²) in [5.74, 6) is 0. The molecule has 0 aromatic carbocycles. The van der Waals surface area contributed by atoms with Crippen molar-refractivity contribution in [1.29, 1.82) is 0 Å². The zero-order valence-electron chi connectivity index (χ0n) is 3.50. The van der Waals surface area contributed by atoms with Crippen LogP contribution < -0.4 is 0 Å². The van der Waals surface area contributed by atoms with E-state index in [1.807, 2.05) is 12.1 Å². The van der Waals surface area contributed by atoms with Crippen molar-refractivity contribution in [2.24, 2.45) is 0 Å². The fourth-order valence-corrected chi connectivity index (χ4v) is 0.852. The zero-order chi connectivity index (χ0) is 5.11. The van der Waals surface area contributed by atoms with Crippen LogP contribution in [0.5, 0.6) is 0 Å². The van der Waals surface area contributed by atoms with Crippen molar-refractivity contribution in [3.05, 3.63) is 22.2 Å². The first kappa shape index (κ1) is 4.87. The topological polar surface area (TPSA) is 12.9 Å². The first-order chi connectivity index (χ1) is 3.39. The number of nitrogens with zero attached hydrogens (tertiary/aromatic N) is 1. The van der Waals surface area contributed by atoms with Crippen LogP contribution in [0.1, 0.15) is 0 Å². The minimum atomic E-state index is 0.836. The van der Waals surface area contributed by atoms with Crippen molar-refractivity contribution in [1.82, 2.24) is 4.37 Å². The van der Waals surface area contributed by atoms with Gasteiger partial charge in [-0.15, -0.1) is 0 Å². The van der Waals surface area contributed by atoms with Crippen LogP contribution in [0.4, 0.5) is 0 Å². The Labute approximate surface area is 50.8 Å². The van der Waals surface area contributed by atoms with E-state index in [2.05, 4.69) is 4.37 Å². The summed E-state index contributed by atoms with van der Waals surface area (Å²) in [7, 11) is 0. The average Bonchev–Trinajstić information content (AvgIpc) is 1.69. The van der Waals surface area contributed by atoms with Gasteiger partial charge in [-0.3, -0.25) is 0 Å². The van der Waals surface area contributed by atoms with Crippen molar-refractivity contribution in [2.45, 2.75) is 0 Å². The van der Waals surface area contributed by atoms with Crippen molar-refractivity contribution in [2.75, 3.05) is 0 Å². The largest absolute Gasteiger partial charge is 0.200 e. The van der Waals surface area contributed by atoms with E-state index in [1.54, 1.807) is 6.20 Å². The summed E-state index contributed by atoms with van der Waals surface area (Å²) in [6.07, 6.45) is 1.72. The normalized spacial score (nSPS) is 8.57. The third-order valence-electron chi connectivity index (χ3n) is 0.522. The van der Waals surface area contributed by atoms with E-state index in [0.717, 1.165) is 3.82 Å². The number of hydrogen-bond acceptors (Lipinski definition) is 3. The molecule has 0 N–H and O–H groups in total. The first-order valence-electron chi connectivity index (χ1n) is 1.80. The summed E-state index contributed by atoms with van der Waals surface area (Å²) >= 11 is 6.10. The molecule has 0 aliphatic carbocycles. The highest BCUT2D eigenvalue weighted by molar-refractivity contribution is 7.73. The van der Waals surface area contributed by atoms with Gasteiger partial charge in [0.15, 0.2) is 0 Å². The van der Waals surface area contributed by atoms with Crippen molar-refractivity contribution in [3.8, 4) is 0 Å². The van der Waals surface area contributed by atoms with Gasteiger partial charge in [0.1, 0.15) is 3.82 Å². The highest BCUT2D eigenvalue weighted by Crippen LogP contribution is 1.91. The van der Waals surface area contributed by atoms with E-state index < -0.39 is 0 Å². The van der Waals surface area contributed by atoms with Crippen LogP contribution in [-0.4, -0.2) is 4.37 Å². The lowest BCUT2D eigenvalue weighted by molar-refractivity contribution is 1.53. The van der Waals surface area contributed by atoms with Gasteiger partial charge in [0, 0.05) is 6.20 Å². The maximum Gasteiger partial charge on any atom is 0.109 e. The van der Waals surface area contributed by atoms with Crippen LogP contribution in [0.15, 0.2) is 18.3 Å². The van der Waals surface area contributed by atoms with Gasteiger partial charge in [-0.2, -0.15) is 4.37 Å². The number of hydrogen-bond donors (Lipinski definition) is 0. The molecule has 0 saturated carbocycles. The Hall–Kier alpha value is -0.280. The Balaban J connectivity index is 3.28. The molecule has 0 saturated heterocycles. The van der Waals surface area contributed by atoms with E-state index in [9.17, 15) is 0 Å². The second-order valence-electron chi connectivity index (χ2n) is 1.02. The molecule has 0 radical (unpaired) electrons. The van der Waals surface area contributed by atoms with Crippen LogP contribution in [0.2, 0.25) is 0 Å². The second-order valence-corrected chi connectivity index (χ2v) is 2.56. The standard InChI is InChI=1S/C4H3NS2/c6-4-2-1-3-5-7-4/h1-3H. The lowest BCUT2D eigenvalue weighted by Gasteiger charge is -1.71. The van der Waals surface area contributed by atoms with Gasteiger partial charge in [0.25, 0.3) is 0 Å². The molecular weight excluding hydrogens is 126 g/mol. The predicted octanol–water partition coefficient (Wildman–Crippen LogP) is 1.87. The molecule has 7 heavy (non-hydrogen) atoms. The molecule has 0 bridgehead atoms. The van der Waals surface area contributed by atoms with Crippen LogP contribution >= 0.6 is 23.8 Å². The average molecular weight is 129 g/mol. The minimum absolute atomic E-state index is 0.836. The first-order valence-corrected chi connectivity index (χ1v) is 2.99. The van der Waals surface area contributed by atoms with Crippen molar-refractivity contribution >= 4 is 23.8 Å². The summed E-state index contributed by atoms with van der Waals surface area (Å²) in [6, 6.07) is 3.69. The Morgan fingerprint density at radius 2 is 2.57 bits per heavy atom. The van der Waals surface area contributed by atoms with Crippen LogP contribution in [0.3, 0.4) is 0 Å². The molecule has 36 valence electrons. The van der Waals surface area contributed by atoms with E-state index in [-0.39, 0.29) is 0 Å². The lowest BCUT2D eigenvalue weighted by Crippen LogP contribution is -1.56. The molecule has 0 unspecified atom stereocenters. The maximum atomic E-state index is 4.77. The molecule has 0 aliphatic heterocycles. The van der Waals surface area contributed by atoms with Gasteiger partial charge in [-0.05, 0) is 23.7 Å². The third kappa shape index (κ3) is 1.33. The third-order valence-corrected chi connectivity index (χ3v) is 1.42. The molecule has 0 aliphatic rings. The van der Waals surface area contributed by atoms with Gasteiger partial charge in [0.05, 0.1) is 0 Å². The molecule has 0 spiro atoms. The molecule has 1 rings (SSSR count). The molecule has 1 aromatic heterocycles. The van der Waals surface area contributed by atoms with E-state index in [4.69, 9.17) is 12.2 Å². The maximum absolute atomic E-state index is 4.77. The summed E-state index contributed by atoms with van der Waals surface area (Å²) in [5, 5.41) is 0. The number of rotatable bonds is 0. The minimum Gasteiger partial charge on any atom is -0.200 e. The van der Waals surface area contributed by atoms with Crippen molar-refractivity contribution in [3.63, 3.8) is 0 Å². The molecule has 1 aromatic rings. The fourth-order valence-electron chi connectivity index (χ4n) is 0.270. The molecule has 0 atom stereocenters. The summed E-state index contributed by atoms with van der Waals surface area (Å²) in [6.45, 7) is 0.